The molecular formula is C38H23N5. The van der Waals surface area contributed by atoms with Crippen LogP contribution in [0, 0.1) is 0 Å². The molecule has 0 amide bonds. The molecule has 200 valence electrons. The summed E-state index contributed by atoms with van der Waals surface area (Å²) in [5.41, 5.74) is 9.11. The maximum Gasteiger partial charge on any atom is 0.145 e. The van der Waals surface area contributed by atoms with Gasteiger partial charge in [-0.15, -0.1) is 0 Å². The van der Waals surface area contributed by atoms with Crippen LogP contribution in [0.2, 0.25) is 0 Å². The second kappa shape index (κ2) is 8.30. The monoisotopic (exact) mass is 549 g/mol. The SMILES string of the molecule is c1ccc(-n2c3ccccc3c3c2ccc2c4ccc5c(c6cnccc6c6nccn56)c4n(-c4ccccc4)c23)cc1. The number of para-hydroxylation sites is 3. The predicted octanol–water partition coefficient (Wildman–Crippen LogP) is 9.23. The quantitative estimate of drug-likeness (QED) is 0.202. The van der Waals surface area contributed by atoms with Crippen molar-refractivity contribution in [2.75, 3.05) is 0 Å². The maximum absolute atomic E-state index is 4.73. The first-order valence-electron chi connectivity index (χ1n) is 14.5. The number of benzene rings is 5. The van der Waals surface area contributed by atoms with E-state index in [1.807, 2.05) is 18.6 Å². The molecule has 5 heteroatoms. The van der Waals surface area contributed by atoms with E-state index in [9.17, 15) is 0 Å². The number of aromatic nitrogens is 5. The molecule has 0 saturated carbocycles. The van der Waals surface area contributed by atoms with Gasteiger partial charge in [0.05, 0.1) is 27.6 Å². The first kappa shape index (κ1) is 22.7. The second-order valence-corrected chi connectivity index (χ2v) is 11.1. The van der Waals surface area contributed by atoms with Crippen molar-refractivity contribution in [3.63, 3.8) is 0 Å². The van der Waals surface area contributed by atoms with Crippen LogP contribution in [-0.4, -0.2) is 23.5 Å². The molecule has 0 aliphatic carbocycles. The standard InChI is InChI=1S/C38H23N5/c1-3-9-24(10-4-1)42-31-14-8-7-13-29(31)34-33(42)18-16-27-26-15-17-32-35(37(26)43(36(27)34)25-11-5-2-6-12-25)30-23-39-20-19-28(30)38-40-21-22-41(32)38/h1-23H. The molecule has 0 radical (unpaired) electrons. The van der Waals surface area contributed by atoms with Gasteiger partial charge < -0.3 is 9.13 Å². The molecule has 0 fully saturated rings. The van der Waals surface area contributed by atoms with Gasteiger partial charge in [0, 0.05) is 73.9 Å². The first-order chi connectivity index (χ1) is 21.4. The number of imidazole rings is 1. The molecule has 0 atom stereocenters. The van der Waals surface area contributed by atoms with Gasteiger partial charge in [0.2, 0.25) is 0 Å². The van der Waals surface area contributed by atoms with Crippen LogP contribution in [0.4, 0.5) is 0 Å². The van der Waals surface area contributed by atoms with E-state index in [0.717, 1.165) is 33.3 Å². The summed E-state index contributed by atoms with van der Waals surface area (Å²) in [6.07, 6.45) is 7.80. The number of nitrogens with zero attached hydrogens (tertiary/aromatic N) is 5. The van der Waals surface area contributed by atoms with Crippen molar-refractivity contribution in [3.05, 3.63) is 140 Å². The van der Waals surface area contributed by atoms with Crippen molar-refractivity contribution in [1.29, 1.82) is 0 Å². The largest absolute Gasteiger partial charge is 0.309 e. The van der Waals surface area contributed by atoms with E-state index in [4.69, 9.17) is 4.98 Å². The Morgan fingerprint density at radius 3 is 1.86 bits per heavy atom. The lowest BCUT2D eigenvalue weighted by molar-refractivity contribution is 1.17. The summed E-state index contributed by atoms with van der Waals surface area (Å²) >= 11 is 0. The van der Waals surface area contributed by atoms with Gasteiger partial charge in [0.1, 0.15) is 5.65 Å². The van der Waals surface area contributed by atoms with Crippen LogP contribution in [0.1, 0.15) is 0 Å². The molecule has 0 aliphatic rings. The minimum atomic E-state index is 0.944. The highest BCUT2D eigenvalue weighted by molar-refractivity contribution is 6.31. The third kappa shape index (κ3) is 2.90. The number of hydrogen-bond acceptors (Lipinski definition) is 2. The zero-order chi connectivity index (χ0) is 28.1. The molecule has 10 aromatic rings. The van der Waals surface area contributed by atoms with Crippen molar-refractivity contribution < 1.29 is 0 Å². The fraction of sp³-hybridized carbons (Fsp3) is 0. The van der Waals surface area contributed by atoms with Crippen LogP contribution in [-0.2, 0) is 0 Å². The highest BCUT2D eigenvalue weighted by atomic mass is 15.0. The second-order valence-electron chi connectivity index (χ2n) is 11.1. The van der Waals surface area contributed by atoms with Crippen molar-refractivity contribution >= 4 is 70.9 Å². The third-order valence-electron chi connectivity index (χ3n) is 8.96. The normalized spacial score (nSPS) is 12.2. The van der Waals surface area contributed by atoms with E-state index in [-0.39, 0.29) is 0 Å². The molecule has 5 aromatic heterocycles. The smallest absolute Gasteiger partial charge is 0.145 e. The molecule has 0 spiro atoms. The predicted molar refractivity (Wildman–Crippen MR) is 177 cm³/mol. The molecule has 0 N–H and O–H groups in total. The fourth-order valence-corrected chi connectivity index (χ4v) is 7.28. The van der Waals surface area contributed by atoms with E-state index in [0.29, 0.717) is 0 Å². The van der Waals surface area contributed by atoms with E-state index < -0.39 is 0 Å². The highest BCUT2D eigenvalue weighted by Crippen LogP contribution is 2.45. The highest BCUT2D eigenvalue weighted by Gasteiger charge is 2.23. The minimum absolute atomic E-state index is 0.944. The van der Waals surface area contributed by atoms with Gasteiger partial charge in [0.15, 0.2) is 0 Å². The van der Waals surface area contributed by atoms with Crippen molar-refractivity contribution in [3.8, 4) is 11.4 Å². The van der Waals surface area contributed by atoms with Crippen molar-refractivity contribution in [2.24, 2.45) is 0 Å². The molecule has 5 aromatic carbocycles. The van der Waals surface area contributed by atoms with Gasteiger partial charge in [-0.3, -0.25) is 9.38 Å². The molecule has 5 heterocycles. The topological polar surface area (TPSA) is 40.1 Å². The van der Waals surface area contributed by atoms with Gasteiger partial charge >= 0.3 is 0 Å². The van der Waals surface area contributed by atoms with Crippen molar-refractivity contribution in [1.82, 2.24) is 23.5 Å². The van der Waals surface area contributed by atoms with Gasteiger partial charge in [0.25, 0.3) is 0 Å². The van der Waals surface area contributed by atoms with Crippen LogP contribution in [0.15, 0.2) is 140 Å². The Bertz CT molecular complexity index is 2710. The third-order valence-corrected chi connectivity index (χ3v) is 8.96. The molecule has 0 unspecified atom stereocenters. The van der Waals surface area contributed by atoms with Crippen LogP contribution in [0.3, 0.4) is 0 Å². The van der Waals surface area contributed by atoms with Crippen LogP contribution in [0.25, 0.3) is 82.3 Å². The van der Waals surface area contributed by atoms with E-state index in [1.165, 1.54) is 49.0 Å². The van der Waals surface area contributed by atoms with E-state index >= 15 is 0 Å². The zero-order valence-electron chi connectivity index (χ0n) is 23.0. The average Bonchev–Trinajstić information content (AvgIpc) is 3.78. The van der Waals surface area contributed by atoms with Crippen LogP contribution in [0.5, 0.6) is 0 Å². The van der Waals surface area contributed by atoms with Gasteiger partial charge in [-0.05, 0) is 48.5 Å². The fourth-order valence-electron chi connectivity index (χ4n) is 7.28. The summed E-state index contributed by atoms with van der Waals surface area (Å²) in [5, 5.41) is 8.30. The zero-order valence-corrected chi connectivity index (χ0v) is 23.0. The molecule has 0 aliphatic heterocycles. The molecule has 0 bridgehead atoms. The summed E-state index contributed by atoms with van der Waals surface area (Å²) in [6, 6.07) is 41.4. The first-order valence-corrected chi connectivity index (χ1v) is 14.5. The number of rotatable bonds is 2. The molecular weight excluding hydrogens is 526 g/mol. The van der Waals surface area contributed by atoms with E-state index in [2.05, 4.69) is 140 Å². The van der Waals surface area contributed by atoms with Crippen LogP contribution >= 0.6 is 0 Å². The van der Waals surface area contributed by atoms with Crippen molar-refractivity contribution in [2.45, 2.75) is 0 Å². The number of fused-ring (bicyclic) bond motifs is 14. The van der Waals surface area contributed by atoms with E-state index in [1.54, 1.807) is 0 Å². The molecule has 10 rings (SSSR count). The van der Waals surface area contributed by atoms with Gasteiger partial charge in [-0.2, -0.15) is 0 Å². The molecule has 43 heavy (non-hydrogen) atoms. The Labute approximate surface area is 245 Å². The number of hydrogen-bond donors (Lipinski definition) is 0. The summed E-state index contributed by atoms with van der Waals surface area (Å²) in [4.78, 5) is 9.33. The maximum atomic E-state index is 4.73. The summed E-state index contributed by atoms with van der Waals surface area (Å²) in [5.74, 6) is 0. The lowest BCUT2D eigenvalue weighted by atomic mass is 10.0. The Hall–Kier alpha value is -5.94. The number of pyridine rings is 2. The summed E-state index contributed by atoms with van der Waals surface area (Å²) < 4.78 is 7.08. The Morgan fingerprint density at radius 2 is 1.09 bits per heavy atom. The molecule has 5 nitrogen and oxygen atoms in total. The lowest BCUT2D eigenvalue weighted by Gasteiger charge is -2.13. The van der Waals surface area contributed by atoms with Crippen LogP contribution < -0.4 is 0 Å². The Morgan fingerprint density at radius 1 is 0.442 bits per heavy atom. The van der Waals surface area contributed by atoms with Gasteiger partial charge in [-0.25, -0.2) is 4.98 Å². The lowest BCUT2D eigenvalue weighted by Crippen LogP contribution is -1.97. The Balaban J connectivity index is 1.53. The van der Waals surface area contributed by atoms with Gasteiger partial charge in [-0.1, -0.05) is 66.7 Å². The minimum Gasteiger partial charge on any atom is -0.309 e. The average molecular weight is 550 g/mol. The summed E-state index contributed by atoms with van der Waals surface area (Å²) in [6.45, 7) is 0. The summed E-state index contributed by atoms with van der Waals surface area (Å²) in [7, 11) is 0. The molecule has 0 saturated heterocycles. The Kier molecular flexibility index (Phi) is 4.39.